The minimum atomic E-state index is -1.11. The van der Waals surface area contributed by atoms with E-state index in [0.717, 1.165) is 12.8 Å². The van der Waals surface area contributed by atoms with Crippen LogP contribution in [0.5, 0.6) is 0 Å². The van der Waals surface area contributed by atoms with Gasteiger partial charge in [0.2, 0.25) is 11.8 Å². The van der Waals surface area contributed by atoms with Gasteiger partial charge in [0, 0.05) is 18.4 Å². The van der Waals surface area contributed by atoms with E-state index >= 15 is 0 Å². The molecule has 0 atom stereocenters. The van der Waals surface area contributed by atoms with Crippen molar-refractivity contribution in [2.24, 2.45) is 11.3 Å². The highest BCUT2D eigenvalue weighted by Gasteiger charge is 2.42. The van der Waals surface area contributed by atoms with Crippen LogP contribution in [0.3, 0.4) is 0 Å². The molecule has 23 heavy (non-hydrogen) atoms. The molecule has 1 aliphatic carbocycles. The zero-order valence-electron chi connectivity index (χ0n) is 14.7. The summed E-state index contributed by atoms with van der Waals surface area (Å²) in [5.74, 6) is -0.751. The summed E-state index contributed by atoms with van der Waals surface area (Å²) in [4.78, 5) is 35.3. The van der Waals surface area contributed by atoms with Crippen LogP contribution in [-0.2, 0) is 14.4 Å². The van der Waals surface area contributed by atoms with E-state index in [2.05, 4.69) is 17.6 Å². The molecule has 132 valence electrons. The van der Waals surface area contributed by atoms with Gasteiger partial charge >= 0.3 is 5.97 Å². The van der Waals surface area contributed by atoms with Crippen molar-refractivity contribution in [2.75, 3.05) is 6.54 Å². The van der Waals surface area contributed by atoms with Gasteiger partial charge in [-0.15, -0.1) is 0 Å². The van der Waals surface area contributed by atoms with Crippen molar-refractivity contribution >= 4 is 17.8 Å². The van der Waals surface area contributed by atoms with Crippen LogP contribution in [0.4, 0.5) is 0 Å². The van der Waals surface area contributed by atoms with E-state index in [1.807, 2.05) is 20.8 Å². The fourth-order valence-electron chi connectivity index (χ4n) is 2.69. The Bertz CT molecular complexity index is 446. The van der Waals surface area contributed by atoms with E-state index in [1.165, 1.54) is 0 Å². The molecule has 0 aromatic heterocycles. The van der Waals surface area contributed by atoms with Gasteiger partial charge in [-0.25, -0.2) is 4.79 Å². The molecule has 0 radical (unpaired) electrons. The lowest BCUT2D eigenvalue weighted by atomic mass is 9.77. The lowest BCUT2D eigenvalue weighted by Gasteiger charge is -2.36. The molecular weight excluding hydrogens is 296 g/mol. The Morgan fingerprint density at radius 2 is 1.74 bits per heavy atom. The summed E-state index contributed by atoms with van der Waals surface area (Å²) in [6, 6.07) is 0. The number of hydrogen-bond donors (Lipinski definition) is 3. The van der Waals surface area contributed by atoms with Gasteiger partial charge in [0.1, 0.15) is 5.54 Å². The molecule has 6 nitrogen and oxygen atoms in total. The highest BCUT2D eigenvalue weighted by molar-refractivity contribution is 5.87. The van der Waals surface area contributed by atoms with E-state index in [9.17, 15) is 19.5 Å². The van der Waals surface area contributed by atoms with E-state index in [0.29, 0.717) is 31.7 Å². The van der Waals surface area contributed by atoms with Crippen molar-refractivity contribution in [3.05, 3.63) is 0 Å². The van der Waals surface area contributed by atoms with E-state index in [-0.39, 0.29) is 18.2 Å². The van der Waals surface area contributed by atoms with Crippen LogP contribution in [0.1, 0.15) is 66.2 Å². The maximum absolute atomic E-state index is 12.1. The first-order valence-corrected chi connectivity index (χ1v) is 8.39. The summed E-state index contributed by atoms with van der Waals surface area (Å²) < 4.78 is 0. The minimum Gasteiger partial charge on any atom is -0.480 e. The van der Waals surface area contributed by atoms with Crippen LogP contribution in [0, 0.1) is 11.3 Å². The monoisotopic (exact) mass is 326 g/mol. The molecule has 1 aliphatic rings. The number of carbonyl (C=O) groups is 3. The maximum Gasteiger partial charge on any atom is 0.329 e. The Balaban J connectivity index is 2.40. The lowest BCUT2D eigenvalue weighted by Crippen LogP contribution is -2.56. The highest BCUT2D eigenvalue weighted by atomic mass is 16.4. The lowest BCUT2D eigenvalue weighted by molar-refractivity contribution is -0.149. The number of amides is 2. The fraction of sp³-hybridized carbons (Fsp3) is 0.824. The van der Waals surface area contributed by atoms with Gasteiger partial charge in [0.25, 0.3) is 0 Å². The third kappa shape index (κ3) is 5.84. The molecule has 0 bridgehead atoms. The number of carboxylic acid groups (broad SMARTS) is 1. The Hall–Kier alpha value is -1.59. The number of hydrogen-bond acceptors (Lipinski definition) is 3. The molecule has 2 amide bonds. The van der Waals surface area contributed by atoms with Crippen molar-refractivity contribution in [1.29, 1.82) is 0 Å². The fourth-order valence-corrected chi connectivity index (χ4v) is 2.69. The molecule has 0 aromatic carbocycles. The third-order valence-corrected chi connectivity index (χ3v) is 4.46. The maximum atomic E-state index is 12.1. The topological polar surface area (TPSA) is 95.5 Å². The average molecular weight is 326 g/mol. The van der Waals surface area contributed by atoms with Crippen LogP contribution in [0.15, 0.2) is 0 Å². The van der Waals surface area contributed by atoms with Gasteiger partial charge in [0.05, 0.1) is 0 Å². The predicted octanol–water partition coefficient (Wildman–Crippen LogP) is 2.08. The first-order chi connectivity index (χ1) is 10.6. The molecule has 1 fully saturated rings. The van der Waals surface area contributed by atoms with E-state index in [4.69, 9.17) is 0 Å². The number of rotatable bonds is 6. The molecule has 1 rings (SSSR count). The third-order valence-electron chi connectivity index (χ3n) is 4.46. The molecule has 0 unspecified atom stereocenters. The van der Waals surface area contributed by atoms with Gasteiger partial charge in [-0.05, 0) is 38.0 Å². The molecular formula is C17H30N2O4. The Labute approximate surface area is 138 Å². The molecule has 0 aromatic rings. The van der Waals surface area contributed by atoms with Crippen LogP contribution >= 0.6 is 0 Å². The first-order valence-electron chi connectivity index (χ1n) is 8.39. The molecule has 0 aliphatic heterocycles. The minimum absolute atomic E-state index is 0.0545. The summed E-state index contributed by atoms with van der Waals surface area (Å²) in [6.07, 6.45) is 3.31. The molecule has 3 N–H and O–H groups in total. The zero-order chi connectivity index (χ0) is 17.7. The summed E-state index contributed by atoms with van der Waals surface area (Å²) in [5.41, 5.74) is -1.56. The van der Waals surface area contributed by atoms with Crippen molar-refractivity contribution in [3.63, 3.8) is 0 Å². The van der Waals surface area contributed by atoms with Crippen LogP contribution in [-0.4, -0.2) is 35.0 Å². The molecule has 0 saturated heterocycles. The van der Waals surface area contributed by atoms with Crippen LogP contribution in [0.2, 0.25) is 0 Å². The summed E-state index contributed by atoms with van der Waals surface area (Å²) in [5, 5.41) is 15.0. The Kier molecular flexibility index (Phi) is 6.59. The predicted molar refractivity (Wildman–Crippen MR) is 87.8 cm³/mol. The van der Waals surface area contributed by atoms with Gasteiger partial charge in [-0.2, -0.15) is 0 Å². The second-order valence-corrected chi connectivity index (χ2v) is 7.73. The molecule has 0 heterocycles. The Morgan fingerprint density at radius 3 is 2.22 bits per heavy atom. The second-order valence-electron chi connectivity index (χ2n) is 7.73. The van der Waals surface area contributed by atoms with E-state index < -0.39 is 16.9 Å². The largest absolute Gasteiger partial charge is 0.480 e. The van der Waals surface area contributed by atoms with Crippen molar-refractivity contribution in [3.8, 4) is 0 Å². The highest BCUT2D eigenvalue weighted by Crippen LogP contribution is 2.32. The number of nitrogens with one attached hydrogen (secondary N) is 2. The van der Waals surface area contributed by atoms with Gasteiger partial charge in [-0.3, -0.25) is 9.59 Å². The summed E-state index contributed by atoms with van der Waals surface area (Å²) >= 11 is 0. The normalized spacial score (nSPS) is 24.8. The average Bonchev–Trinajstić information content (AvgIpc) is 2.44. The number of carboxylic acids is 1. The number of carbonyl (C=O) groups excluding carboxylic acids is 2. The summed E-state index contributed by atoms with van der Waals surface area (Å²) in [6.45, 7) is 8.01. The van der Waals surface area contributed by atoms with Crippen molar-refractivity contribution in [1.82, 2.24) is 10.6 Å². The molecule has 1 saturated carbocycles. The van der Waals surface area contributed by atoms with Gasteiger partial charge < -0.3 is 15.7 Å². The Morgan fingerprint density at radius 1 is 1.17 bits per heavy atom. The van der Waals surface area contributed by atoms with Crippen LogP contribution in [0.25, 0.3) is 0 Å². The summed E-state index contributed by atoms with van der Waals surface area (Å²) in [7, 11) is 0. The smallest absolute Gasteiger partial charge is 0.329 e. The van der Waals surface area contributed by atoms with E-state index in [1.54, 1.807) is 0 Å². The zero-order valence-corrected chi connectivity index (χ0v) is 14.7. The van der Waals surface area contributed by atoms with Crippen molar-refractivity contribution < 1.29 is 19.5 Å². The quantitative estimate of drug-likeness (QED) is 0.651. The van der Waals surface area contributed by atoms with Crippen LogP contribution < -0.4 is 10.6 Å². The van der Waals surface area contributed by atoms with Crippen molar-refractivity contribution in [2.45, 2.75) is 71.8 Å². The second kappa shape index (κ2) is 7.79. The number of aliphatic carboxylic acids is 1. The molecule has 0 spiro atoms. The standard InChI is InChI=1S/C17H30N2O4/c1-12-7-9-17(10-8-12,15(22)23)19-13(20)6-5-11-18-14(21)16(2,3)4/h12H,5-11H2,1-4H3,(H,18,21)(H,19,20)(H,22,23). The molecule has 6 heteroatoms. The first kappa shape index (κ1) is 19.5. The van der Waals surface area contributed by atoms with Gasteiger partial charge in [0.15, 0.2) is 0 Å². The SMILES string of the molecule is CC1CCC(NC(=O)CCCNC(=O)C(C)(C)C)(C(=O)O)CC1. The van der Waals surface area contributed by atoms with Gasteiger partial charge in [-0.1, -0.05) is 27.7 Å².